The fourth-order valence-corrected chi connectivity index (χ4v) is 3.45. The Hall–Kier alpha value is -1.47. The summed E-state index contributed by atoms with van der Waals surface area (Å²) in [5.74, 6) is -0.152. The predicted octanol–water partition coefficient (Wildman–Crippen LogP) is -0.0877. The standard InChI is InChI=1S/C18H28N2O4/c1-2-19-16(22)11-14-17(23)18(24)15(12-21)20(14)10-6-9-13-7-4-3-5-8-13/h3-5,7-8,14-15,17-18,21,23-24H,2,6,9-12H2,1H3,(H,19,22)/t14-,15-,17-,18-/m1/s1. The first-order valence-electron chi connectivity index (χ1n) is 8.61. The first kappa shape index (κ1) is 18.9. The van der Waals surface area contributed by atoms with E-state index in [-0.39, 0.29) is 18.9 Å². The maximum atomic E-state index is 11.9. The zero-order chi connectivity index (χ0) is 17.5. The normalized spacial score (nSPS) is 27.3. The Morgan fingerprint density at radius 2 is 1.83 bits per heavy atom. The second kappa shape index (κ2) is 9.13. The number of amides is 1. The van der Waals surface area contributed by atoms with E-state index >= 15 is 0 Å². The molecule has 0 aliphatic carbocycles. The molecule has 2 rings (SSSR count). The molecule has 1 aliphatic rings. The van der Waals surface area contributed by atoms with Gasteiger partial charge in [0.05, 0.1) is 24.9 Å². The highest BCUT2D eigenvalue weighted by molar-refractivity contribution is 5.76. The maximum Gasteiger partial charge on any atom is 0.221 e. The predicted molar refractivity (Wildman–Crippen MR) is 91.4 cm³/mol. The van der Waals surface area contributed by atoms with Gasteiger partial charge >= 0.3 is 0 Å². The molecule has 1 aromatic carbocycles. The molecular weight excluding hydrogens is 308 g/mol. The van der Waals surface area contributed by atoms with Crippen LogP contribution in [0.5, 0.6) is 0 Å². The fraction of sp³-hybridized carbons (Fsp3) is 0.611. The van der Waals surface area contributed by atoms with Crippen molar-refractivity contribution in [2.45, 2.75) is 50.5 Å². The monoisotopic (exact) mass is 336 g/mol. The molecule has 0 spiro atoms. The smallest absolute Gasteiger partial charge is 0.221 e. The molecule has 1 saturated heterocycles. The van der Waals surface area contributed by atoms with Crippen LogP contribution in [0.2, 0.25) is 0 Å². The quantitative estimate of drug-likeness (QED) is 0.533. The van der Waals surface area contributed by atoms with E-state index in [1.165, 1.54) is 5.56 Å². The molecule has 1 aromatic rings. The van der Waals surface area contributed by atoms with Crippen LogP contribution in [0.15, 0.2) is 30.3 Å². The minimum absolute atomic E-state index is 0.119. The van der Waals surface area contributed by atoms with Crippen molar-refractivity contribution in [2.75, 3.05) is 19.7 Å². The van der Waals surface area contributed by atoms with E-state index in [4.69, 9.17) is 0 Å². The molecule has 0 radical (unpaired) electrons. The number of benzene rings is 1. The number of carbonyl (C=O) groups is 1. The van der Waals surface area contributed by atoms with Crippen LogP contribution >= 0.6 is 0 Å². The maximum absolute atomic E-state index is 11.9. The van der Waals surface area contributed by atoms with Crippen molar-refractivity contribution in [3.63, 3.8) is 0 Å². The number of aliphatic hydroxyl groups excluding tert-OH is 3. The number of aryl methyl sites for hydroxylation is 1. The van der Waals surface area contributed by atoms with Gasteiger partial charge in [0, 0.05) is 19.0 Å². The Balaban J connectivity index is 1.99. The molecule has 4 N–H and O–H groups in total. The zero-order valence-electron chi connectivity index (χ0n) is 14.1. The van der Waals surface area contributed by atoms with Crippen LogP contribution in [0.4, 0.5) is 0 Å². The van der Waals surface area contributed by atoms with Crippen LogP contribution in [0.1, 0.15) is 25.3 Å². The largest absolute Gasteiger partial charge is 0.395 e. The van der Waals surface area contributed by atoms with Gasteiger partial charge in [-0.2, -0.15) is 0 Å². The van der Waals surface area contributed by atoms with Crippen molar-refractivity contribution in [1.29, 1.82) is 0 Å². The number of nitrogens with zero attached hydrogens (tertiary/aromatic N) is 1. The third-order valence-corrected chi connectivity index (χ3v) is 4.67. The molecule has 1 amide bonds. The lowest BCUT2D eigenvalue weighted by atomic mass is 10.1. The topological polar surface area (TPSA) is 93.0 Å². The lowest BCUT2D eigenvalue weighted by Crippen LogP contribution is -2.44. The molecule has 1 aliphatic heterocycles. The number of aliphatic hydroxyl groups is 3. The van der Waals surface area contributed by atoms with Crippen molar-refractivity contribution in [2.24, 2.45) is 0 Å². The molecule has 0 bridgehead atoms. The van der Waals surface area contributed by atoms with Crippen LogP contribution in [0.3, 0.4) is 0 Å². The number of rotatable bonds is 8. The van der Waals surface area contributed by atoms with E-state index < -0.39 is 24.3 Å². The Morgan fingerprint density at radius 1 is 1.17 bits per heavy atom. The molecule has 0 aromatic heterocycles. The fourth-order valence-electron chi connectivity index (χ4n) is 3.45. The van der Waals surface area contributed by atoms with E-state index in [1.807, 2.05) is 30.0 Å². The molecule has 134 valence electrons. The average Bonchev–Trinajstić information content (AvgIpc) is 2.80. The molecule has 6 nitrogen and oxygen atoms in total. The lowest BCUT2D eigenvalue weighted by molar-refractivity contribution is -0.123. The third-order valence-electron chi connectivity index (χ3n) is 4.67. The summed E-state index contributed by atoms with van der Waals surface area (Å²) in [4.78, 5) is 13.8. The summed E-state index contributed by atoms with van der Waals surface area (Å²) in [6, 6.07) is 9.07. The van der Waals surface area contributed by atoms with Gasteiger partial charge in [-0.15, -0.1) is 0 Å². The summed E-state index contributed by atoms with van der Waals surface area (Å²) < 4.78 is 0. The van der Waals surface area contributed by atoms with Gasteiger partial charge in [0.2, 0.25) is 5.91 Å². The van der Waals surface area contributed by atoms with E-state index in [2.05, 4.69) is 17.4 Å². The summed E-state index contributed by atoms with van der Waals surface area (Å²) in [7, 11) is 0. The molecule has 6 heteroatoms. The third kappa shape index (κ3) is 4.54. The van der Waals surface area contributed by atoms with Crippen LogP contribution in [0.25, 0.3) is 0 Å². The Labute approximate surface area is 143 Å². The first-order chi connectivity index (χ1) is 11.6. The molecule has 1 heterocycles. The number of nitrogens with one attached hydrogen (secondary N) is 1. The van der Waals surface area contributed by atoms with Gasteiger partial charge in [-0.3, -0.25) is 9.69 Å². The summed E-state index contributed by atoms with van der Waals surface area (Å²) in [6.45, 7) is 2.74. The number of hydrogen-bond acceptors (Lipinski definition) is 5. The Kier molecular flexibility index (Phi) is 7.17. The Morgan fingerprint density at radius 3 is 2.46 bits per heavy atom. The van der Waals surface area contributed by atoms with Crippen molar-refractivity contribution in [1.82, 2.24) is 10.2 Å². The van der Waals surface area contributed by atoms with Crippen LogP contribution in [-0.2, 0) is 11.2 Å². The SMILES string of the molecule is CCNC(=O)C[C@@H]1[C@@H](O)[C@H](O)[C@@H](CO)N1CCCc1ccccc1. The highest BCUT2D eigenvalue weighted by Gasteiger charge is 2.47. The van der Waals surface area contributed by atoms with Crippen molar-refractivity contribution in [3.8, 4) is 0 Å². The molecule has 1 fully saturated rings. The molecule has 0 unspecified atom stereocenters. The summed E-state index contributed by atoms with van der Waals surface area (Å²) in [5, 5.41) is 32.8. The average molecular weight is 336 g/mol. The minimum atomic E-state index is -1.04. The van der Waals surface area contributed by atoms with Gasteiger partial charge in [0.25, 0.3) is 0 Å². The minimum Gasteiger partial charge on any atom is -0.395 e. The molecule has 4 atom stereocenters. The van der Waals surface area contributed by atoms with Crippen molar-refractivity contribution in [3.05, 3.63) is 35.9 Å². The summed E-state index contributed by atoms with van der Waals surface area (Å²) in [5.41, 5.74) is 1.22. The summed E-state index contributed by atoms with van der Waals surface area (Å²) >= 11 is 0. The zero-order valence-corrected chi connectivity index (χ0v) is 14.1. The first-order valence-corrected chi connectivity index (χ1v) is 8.61. The van der Waals surface area contributed by atoms with Crippen LogP contribution in [0, 0.1) is 0 Å². The summed E-state index contributed by atoms with van der Waals surface area (Å²) in [6.07, 6.45) is -0.248. The van der Waals surface area contributed by atoms with Crippen LogP contribution in [-0.4, -0.2) is 70.1 Å². The van der Waals surface area contributed by atoms with E-state index in [0.29, 0.717) is 13.1 Å². The van der Waals surface area contributed by atoms with Crippen molar-refractivity contribution >= 4 is 5.91 Å². The number of carbonyl (C=O) groups excluding carboxylic acids is 1. The second-order valence-electron chi connectivity index (χ2n) is 6.28. The lowest BCUT2D eigenvalue weighted by Gasteiger charge is -2.29. The van der Waals surface area contributed by atoms with Gasteiger partial charge in [0.1, 0.15) is 0 Å². The van der Waals surface area contributed by atoms with Gasteiger partial charge in [-0.1, -0.05) is 30.3 Å². The Bertz CT molecular complexity index is 511. The van der Waals surface area contributed by atoms with Gasteiger partial charge in [0.15, 0.2) is 0 Å². The highest BCUT2D eigenvalue weighted by atomic mass is 16.3. The highest BCUT2D eigenvalue weighted by Crippen LogP contribution is 2.28. The van der Waals surface area contributed by atoms with Gasteiger partial charge < -0.3 is 20.6 Å². The van der Waals surface area contributed by atoms with Gasteiger partial charge in [-0.25, -0.2) is 0 Å². The molecule has 0 saturated carbocycles. The number of likely N-dealkylation sites (tertiary alicyclic amines) is 1. The van der Waals surface area contributed by atoms with Crippen LogP contribution < -0.4 is 5.32 Å². The van der Waals surface area contributed by atoms with E-state index in [0.717, 1.165) is 12.8 Å². The molecule has 24 heavy (non-hydrogen) atoms. The van der Waals surface area contributed by atoms with E-state index in [9.17, 15) is 20.1 Å². The number of hydrogen-bond donors (Lipinski definition) is 4. The van der Waals surface area contributed by atoms with Crippen molar-refractivity contribution < 1.29 is 20.1 Å². The van der Waals surface area contributed by atoms with Gasteiger partial charge in [-0.05, 0) is 31.9 Å². The van der Waals surface area contributed by atoms with E-state index in [1.54, 1.807) is 0 Å². The second-order valence-corrected chi connectivity index (χ2v) is 6.28. The molecular formula is C18H28N2O4.